The molecule has 0 atom stereocenters. The van der Waals surface area contributed by atoms with Crippen molar-refractivity contribution in [1.82, 2.24) is 0 Å². The van der Waals surface area contributed by atoms with Crippen LogP contribution in [0.2, 0.25) is 0 Å². The molecule has 3 aliphatic carbocycles. The average molecular weight is 150 g/mol. The predicted molar refractivity (Wildman–Crippen MR) is 48.5 cm³/mol. The number of rotatable bonds is 0. The van der Waals surface area contributed by atoms with Gasteiger partial charge in [0.2, 0.25) is 0 Å². The summed E-state index contributed by atoms with van der Waals surface area (Å²) in [6.45, 7) is 0. The summed E-state index contributed by atoms with van der Waals surface area (Å²) < 4.78 is 0. The van der Waals surface area contributed by atoms with Crippen LogP contribution in [0.15, 0.2) is 11.6 Å². The molecule has 0 radical (unpaired) electrons. The third kappa shape index (κ3) is 1.85. The van der Waals surface area contributed by atoms with Crippen molar-refractivity contribution in [3.05, 3.63) is 11.6 Å². The molecule has 0 nitrogen and oxygen atoms in total. The van der Waals surface area contributed by atoms with Crippen LogP contribution in [0.1, 0.15) is 51.4 Å². The Morgan fingerprint density at radius 3 is 2.45 bits per heavy atom. The van der Waals surface area contributed by atoms with Gasteiger partial charge in [0.15, 0.2) is 0 Å². The molecule has 1 saturated carbocycles. The van der Waals surface area contributed by atoms with Crippen LogP contribution >= 0.6 is 0 Å². The summed E-state index contributed by atoms with van der Waals surface area (Å²) >= 11 is 0. The average Bonchev–Trinajstić information content (AvgIpc) is 1.80. The van der Waals surface area contributed by atoms with E-state index in [1.165, 1.54) is 51.4 Å². The van der Waals surface area contributed by atoms with Crippen LogP contribution in [0.25, 0.3) is 0 Å². The summed E-state index contributed by atoms with van der Waals surface area (Å²) in [5.41, 5.74) is 1.77. The first-order chi connectivity index (χ1) is 5.45. The maximum Gasteiger partial charge on any atom is -0.0320 e. The second kappa shape index (κ2) is 3.42. The van der Waals surface area contributed by atoms with Gasteiger partial charge >= 0.3 is 0 Å². The van der Waals surface area contributed by atoms with Gasteiger partial charge in [-0.3, -0.25) is 0 Å². The normalized spacial score (nSPS) is 32.0. The third-order valence-electron chi connectivity index (χ3n) is 3.23. The lowest BCUT2D eigenvalue weighted by Gasteiger charge is -2.23. The van der Waals surface area contributed by atoms with Gasteiger partial charge < -0.3 is 0 Å². The Hall–Kier alpha value is -0.260. The van der Waals surface area contributed by atoms with Gasteiger partial charge in [-0.2, -0.15) is 0 Å². The molecule has 2 bridgehead atoms. The summed E-state index contributed by atoms with van der Waals surface area (Å²) in [7, 11) is 0. The molecule has 0 saturated heterocycles. The van der Waals surface area contributed by atoms with Gasteiger partial charge in [-0.1, -0.05) is 24.5 Å². The number of hydrogen-bond acceptors (Lipinski definition) is 0. The van der Waals surface area contributed by atoms with E-state index in [4.69, 9.17) is 0 Å². The molecule has 1 fully saturated rings. The van der Waals surface area contributed by atoms with E-state index in [2.05, 4.69) is 6.08 Å². The second-order valence-electron chi connectivity index (χ2n) is 4.09. The fraction of sp³-hybridized carbons (Fsp3) is 0.818. The Balaban J connectivity index is 2.09. The van der Waals surface area contributed by atoms with Crippen molar-refractivity contribution in [2.24, 2.45) is 5.92 Å². The van der Waals surface area contributed by atoms with Crippen molar-refractivity contribution < 1.29 is 0 Å². The van der Waals surface area contributed by atoms with E-state index in [1.54, 1.807) is 5.57 Å². The number of hydrogen-bond donors (Lipinski definition) is 0. The van der Waals surface area contributed by atoms with Crippen molar-refractivity contribution in [2.75, 3.05) is 0 Å². The van der Waals surface area contributed by atoms with E-state index >= 15 is 0 Å². The minimum absolute atomic E-state index is 1.08. The highest BCUT2D eigenvalue weighted by Gasteiger charge is 2.14. The van der Waals surface area contributed by atoms with Crippen LogP contribution in [-0.4, -0.2) is 0 Å². The Kier molecular flexibility index (Phi) is 2.30. The molecule has 3 rings (SSSR count). The summed E-state index contributed by atoms with van der Waals surface area (Å²) in [6.07, 6.45) is 14.2. The van der Waals surface area contributed by atoms with Gasteiger partial charge in [0.1, 0.15) is 0 Å². The fourth-order valence-electron chi connectivity index (χ4n) is 2.52. The Morgan fingerprint density at radius 1 is 1.00 bits per heavy atom. The Bertz CT molecular complexity index is 143. The Labute approximate surface area is 69.7 Å². The molecule has 0 heterocycles. The molecule has 11 heavy (non-hydrogen) atoms. The van der Waals surface area contributed by atoms with Crippen molar-refractivity contribution >= 4 is 0 Å². The summed E-state index contributed by atoms with van der Waals surface area (Å²) in [5, 5.41) is 0. The first-order valence-electron chi connectivity index (χ1n) is 5.13. The molecule has 0 spiro atoms. The monoisotopic (exact) mass is 150 g/mol. The zero-order chi connectivity index (χ0) is 7.52. The van der Waals surface area contributed by atoms with Gasteiger partial charge in [0, 0.05) is 0 Å². The highest BCUT2D eigenvalue weighted by molar-refractivity contribution is 5.04. The smallest absolute Gasteiger partial charge is 0.0320 e. The molecule has 0 aromatic heterocycles. The maximum atomic E-state index is 2.52. The molecule has 3 aliphatic rings. The lowest BCUT2D eigenvalue weighted by atomic mass is 9.83. The molecular weight excluding hydrogens is 132 g/mol. The lowest BCUT2D eigenvalue weighted by molar-refractivity contribution is 0.372. The predicted octanol–water partition coefficient (Wildman–Crippen LogP) is 3.68. The van der Waals surface area contributed by atoms with Gasteiger partial charge in [0.25, 0.3) is 0 Å². The van der Waals surface area contributed by atoms with Gasteiger partial charge in [0.05, 0.1) is 0 Å². The van der Waals surface area contributed by atoms with E-state index in [1.807, 2.05) is 0 Å². The SMILES string of the molecule is C1=C2CCCC(CC1)CCC2. The zero-order valence-electron chi connectivity index (χ0n) is 7.31. The molecular formula is C11H18. The van der Waals surface area contributed by atoms with Crippen molar-refractivity contribution in [3.8, 4) is 0 Å². The molecule has 0 aliphatic heterocycles. The van der Waals surface area contributed by atoms with Crippen LogP contribution in [0.4, 0.5) is 0 Å². The quantitative estimate of drug-likeness (QED) is 0.462. The highest BCUT2D eigenvalue weighted by atomic mass is 14.2. The maximum absolute atomic E-state index is 2.52. The lowest BCUT2D eigenvalue weighted by Crippen LogP contribution is -2.07. The van der Waals surface area contributed by atoms with Crippen LogP contribution in [0, 0.1) is 5.92 Å². The van der Waals surface area contributed by atoms with E-state index in [0.29, 0.717) is 0 Å². The van der Waals surface area contributed by atoms with Crippen LogP contribution in [0.5, 0.6) is 0 Å². The first-order valence-corrected chi connectivity index (χ1v) is 5.13. The molecule has 0 unspecified atom stereocenters. The van der Waals surface area contributed by atoms with Crippen molar-refractivity contribution in [2.45, 2.75) is 51.4 Å². The molecule has 0 aromatic carbocycles. The van der Waals surface area contributed by atoms with Crippen molar-refractivity contribution in [1.29, 1.82) is 0 Å². The molecule has 0 heteroatoms. The number of allylic oxidation sites excluding steroid dienone is 2. The molecule has 0 amide bonds. The van der Waals surface area contributed by atoms with Gasteiger partial charge in [-0.15, -0.1) is 0 Å². The van der Waals surface area contributed by atoms with Gasteiger partial charge in [-0.25, -0.2) is 0 Å². The third-order valence-corrected chi connectivity index (χ3v) is 3.23. The minimum atomic E-state index is 1.08. The van der Waals surface area contributed by atoms with E-state index in [-0.39, 0.29) is 0 Å². The summed E-state index contributed by atoms with van der Waals surface area (Å²) in [6, 6.07) is 0. The summed E-state index contributed by atoms with van der Waals surface area (Å²) in [4.78, 5) is 0. The Morgan fingerprint density at radius 2 is 1.73 bits per heavy atom. The van der Waals surface area contributed by atoms with Crippen LogP contribution in [-0.2, 0) is 0 Å². The van der Waals surface area contributed by atoms with Crippen LogP contribution in [0.3, 0.4) is 0 Å². The molecule has 0 aromatic rings. The van der Waals surface area contributed by atoms with E-state index in [9.17, 15) is 0 Å². The van der Waals surface area contributed by atoms with Gasteiger partial charge in [-0.05, 0) is 44.4 Å². The highest BCUT2D eigenvalue weighted by Crippen LogP contribution is 2.31. The standard InChI is InChI=1S/C11H18/c1-4-10-6-2-7-11(5-1)9-3-8-10/h4,11H,1-3,5-9H2. The number of fused-ring (bicyclic) bond motifs is 6. The van der Waals surface area contributed by atoms with Crippen molar-refractivity contribution in [3.63, 3.8) is 0 Å². The molecule has 0 N–H and O–H groups in total. The molecule has 62 valence electrons. The zero-order valence-corrected chi connectivity index (χ0v) is 7.31. The largest absolute Gasteiger partial charge is 0.0853 e. The summed E-state index contributed by atoms with van der Waals surface area (Å²) in [5.74, 6) is 1.08. The topological polar surface area (TPSA) is 0 Å². The second-order valence-corrected chi connectivity index (χ2v) is 4.09. The van der Waals surface area contributed by atoms with E-state index < -0.39 is 0 Å². The van der Waals surface area contributed by atoms with E-state index in [0.717, 1.165) is 5.92 Å². The fourth-order valence-corrected chi connectivity index (χ4v) is 2.52. The first kappa shape index (κ1) is 7.39. The minimum Gasteiger partial charge on any atom is -0.0853 e. The van der Waals surface area contributed by atoms with Crippen LogP contribution < -0.4 is 0 Å².